The van der Waals surface area contributed by atoms with E-state index < -0.39 is 0 Å². The number of fused-ring (bicyclic) bond motifs is 2. The molecule has 2 saturated heterocycles. The number of nitrogens with zero attached hydrogens (tertiary/aromatic N) is 7. The first-order chi connectivity index (χ1) is 13.3. The van der Waals surface area contributed by atoms with Gasteiger partial charge >= 0.3 is 0 Å². The predicted octanol–water partition coefficient (Wildman–Crippen LogP) is 1.93. The number of hydrogen-bond donors (Lipinski definition) is 0. The Balaban J connectivity index is 1.48. The zero-order valence-corrected chi connectivity index (χ0v) is 15.2. The fourth-order valence-electron chi connectivity index (χ4n) is 4.40. The Labute approximate surface area is 157 Å². The fourth-order valence-corrected chi connectivity index (χ4v) is 4.40. The summed E-state index contributed by atoms with van der Waals surface area (Å²) in [5, 5.41) is 1.06. The van der Waals surface area contributed by atoms with Crippen LogP contribution in [-0.4, -0.2) is 57.7 Å². The molecule has 0 amide bonds. The summed E-state index contributed by atoms with van der Waals surface area (Å²) in [5.41, 5.74) is 0.884. The first kappa shape index (κ1) is 16.2. The van der Waals surface area contributed by atoms with Crippen LogP contribution in [0, 0.1) is 5.92 Å². The number of methoxy groups -OCH3 is 1. The summed E-state index contributed by atoms with van der Waals surface area (Å²) < 4.78 is 5.42. The van der Waals surface area contributed by atoms with Crippen molar-refractivity contribution in [3.8, 4) is 5.88 Å². The maximum atomic E-state index is 5.42. The van der Waals surface area contributed by atoms with Gasteiger partial charge in [-0.1, -0.05) is 0 Å². The first-order valence-corrected chi connectivity index (χ1v) is 9.26. The molecule has 8 heteroatoms. The molecule has 0 saturated carbocycles. The molecule has 0 spiro atoms. The van der Waals surface area contributed by atoms with Gasteiger partial charge in [-0.25, -0.2) is 19.9 Å². The summed E-state index contributed by atoms with van der Waals surface area (Å²) in [4.78, 5) is 26.7. The zero-order chi connectivity index (χ0) is 18.2. The summed E-state index contributed by atoms with van der Waals surface area (Å²) in [6.07, 6.45) is 10.9. The van der Waals surface area contributed by atoms with Crippen LogP contribution >= 0.6 is 0 Å². The van der Waals surface area contributed by atoms with Gasteiger partial charge in [0.05, 0.1) is 24.9 Å². The molecule has 0 aromatic carbocycles. The van der Waals surface area contributed by atoms with E-state index in [-0.39, 0.29) is 0 Å². The lowest BCUT2D eigenvalue weighted by molar-refractivity contribution is 0.371. The SMILES string of the molecule is COc1nccnc1N1CCC2CCN(c3ncnc4cnccc34)C2C1. The molecule has 3 aromatic rings. The Bertz CT molecular complexity index is 960. The maximum Gasteiger partial charge on any atom is 0.257 e. The number of aromatic nitrogens is 5. The minimum Gasteiger partial charge on any atom is -0.478 e. The monoisotopic (exact) mass is 363 g/mol. The number of ether oxygens (including phenoxy) is 1. The molecule has 2 aliphatic rings. The van der Waals surface area contributed by atoms with Crippen LogP contribution in [-0.2, 0) is 0 Å². The van der Waals surface area contributed by atoms with E-state index >= 15 is 0 Å². The molecule has 0 N–H and O–H groups in total. The van der Waals surface area contributed by atoms with E-state index in [2.05, 4.69) is 34.7 Å². The molecule has 2 aliphatic heterocycles. The number of pyridine rings is 1. The van der Waals surface area contributed by atoms with E-state index in [4.69, 9.17) is 4.74 Å². The van der Waals surface area contributed by atoms with Crippen molar-refractivity contribution >= 4 is 22.5 Å². The molecule has 0 radical (unpaired) electrons. The van der Waals surface area contributed by atoms with Gasteiger partial charge in [-0.3, -0.25) is 4.98 Å². The van der Waals surface area contributed by atoms with Crippen LogP contribution in [0.2, 0.25) is 0 Å². The Morgan fingerprint density at radius 3 is 2.81 bits per heavy atom. The van der Waals surface area contributed by atoms with Gasteiger partial charge in [-0.15, -0.1) is 0 Å². The average Bonchev–Trinajstić information content (AvgIpc) is 3.16. The molecule has 138 valence electrons. The third-order valence-corrected chi connectivity index (χ3v) is 5.69. The van der Waals surface area contributed by atoms with Crippen molar-refractivity contribution in [3.63, 3.8) is 0 Å². The van der Waals surface area contributed by atoms with Crippen LogP contribution in [0.5, 0.6) is 5.88 Å². The van der Waals surface area contributed by atoms with Crippen molar-refractivity contribution in [2.45, 2.75) is 18.9 Å². The zero-order valence-electron chi connectivity index (χ0n) is 15.2. The Kier molecular flexibility index (Phi) is 3.95. The minimum absolute atomic E-state index is 0.386. The smallest absolute Gasteiger partial charge is 0.257 e. The number of anilines is 2. The Morgan fingerprint density at radius 2 is 1.89 bits per heavy atom. The normalized spacial score (nSPS) is 22.1. The molecular weight excluding hydrogens is 342 g/mol. The molecule has 0 bridgehead atoms. The lowest BCUT2D eigenvalue weighted by atomic mass is 9.92. The number of hydrogen-bond acceptors (Lipinski definition) is 8. The van der Waals surface area contributed by atoms with Gasteiger partial charge in [-0.05, 0) is 24.8 Å². The average molecular weight is 363 g/mol. The van der Waals surface area contributed by atoms with E-state index in [0.29, 0.717) is 17.8 Å². The van der Waals surface area contributed by atoms with E-state index in [0.717, 1.165) is 48.6 Å². The molecular formula is C19H21N7O. The van der Waals surface area contributed by atoms with Crippen molar-refractivity contribution in [2.24, 2.45) is 5.92 Å². The lowest BCUT2D eigenvalue weighted by Crippen LogP contribution is -2.49. The summed E-state index contributed by atoms with van der Waals surface area (Å²) in [5.74, 6) is 3.07. The highest BCUT2D eigenvalue weighted by atomic mass is 16.5. The molecule has 2 unspecified atom stereocenters. The third-order valence-electron chi connectivity index (χ3n) is 5.69. The predicted molar refractivity (Wildman–Crippen MR) is 102 cm³/mol. The highest BCUT2D eigenvalue weighted by molar-refractivity contribution is 5.88. The van der Waals surface area contributed by atoms with Crippen LogP contribution in [0.4, 0.5) is 11.6 Å². The van der Waals surface area contributed by atoms with Gasteiger partial charge in [0, 0.05) is 43.6 Å². The second-order valence-electron chi connectivity index (χ2n) is 7.02. The van der Waals surface area contributed by atoms with Crippen molar-refractivity contribution in [3.05, 3.63) is 37.2 Å². The third kappa shape index (κ3) is 2.72. The topological polar surface area (TPSA) is 80.2 Å². The Hall–Kier alpha value is -3.03. The molecule has 8 nitrogen and oxygen atoms in total. The summed E-state index contributed by atoms with van der Waals surface area (Å²) in [6.45, 7) is 2.87. The summed E-state index contributed by atoms with van der Waals surface area (Å²) in [7, 11) is 1.64. The quantitative estimate of drug-likeness (QED) is 0.698. The van der Waals surface area contributed by atoms with E-state index in [1.807, 2.05) is 6.07 Å². The van der Waals surface area contributed by atoms with Gasteiger partial charge in [0.15, 0.2) is 5.82 Å². The van der Waals surface area contributed by atoms with Crippen LogP contribution in [0.1, 0.15) is 12.8 Å². The highest BCUT2D eigenvalue weighted by Crippen LogP contribution is 2.38. The van der Waals surface area contributed by atoms with Crippen molar-refractivity contribution in [1.82, 2.24) is 24.9 Å². The number of piperidine rings is 1. The van der Waals surface area contributed by atoms with Gasteiger partial charge in [-0.2, -0.15) is 0 Å². The fraction of sp³-hybridized carbons (Fsp3) is 0.421. The largest absolute Gasteiger partial charge is 0.478 e. The van der Waals surface area contributed by atoms with E-state index in [9.17, 15) is 0 Å². The second kappa shape index (κ2) is 6.61. The first-order valence-electron chi connectivity index (χ1n) is 9.26. The van der Waals surface area contributed by atoms with Crippen LogP contribution in [0.25, 0.3) is 10.9 Å². The van der Waals surface area contributed by atoms with Crippen LogP contribution < -0.4 is 14.5 Å². The van der Waals surface area contributed by atoms with Gasteiger partial charge in [0.25, 0.3) is 5.88 Å². The molecule has 2 fully saturated rings. The van der Waals surface area contributed by atoms with Crippen molar-refractivity contribution in [2.75, 3.05) is 36.5 Å². The molecule has 3 aromatic heterocycles. The number of rotatable bonds is 3. The van der Waals surface area contributed by atoms with E-state index in [1.54, 1.807) is 38.2 Å². The lowest BCUT2D eigenvalue weighted by Gasteiger charge is -2.39. The van der Waals surface area contributed by atoms with Crippen LogP contribution in [0.15, 0.2) is 37.2 Å². The minimum atomic E-state index is 0.386. The van der Waals surface area contributed by atoms with E-state index in [1.165, 1.54) is 6.42 Å². The maximum absolute atomic E-state index is 5.42. The standard InChI is InChI=1S/C19H21N7O/c1-27-19-18(21-6-7-22-19)25-8-3-13-4-9-26(16(13)11-25)17-14-2-5-20-10-15(14)23-12-24-17/h2,5-7,10,12-13,16H,3-4,8-9,11H2,1H3. The summed E-state index contributed by atoms with van der Waals surface area (Å²) >= 11 is 0. The second-order valence-corrected chi connectivity index (χ2v) is 7.02. The van der Waals surface area contributed by atoms with Gasteiger partial charge in [0.1, 0.15) is 12.1 Å². The molecule has 0 aliphatic carbocycles. The van der Waals surface area contributed by atoms with Gasteiger partial charge < -0.3 is 14.5 Å². The molecule has 5 rings (SSSR count). The summed E-state index contributed by atoms with van der Waals surface area (Å²) in [6, 6.07) is 2.39. The van der Waals surface area contributed by atoms with Crippen molar-refractivity contribution in [1.29, 1.82) is 0 Å². The Morgan fingerprint density at radius 1 is 1.00 bits per heavy atom. The molecule has 2 atom stereocenters. The van der Waals surface area contributed by atoms with Crippen molar-refractivity contribution < 1.29 is 4.74 Å². The van der Waals surface area contributed by atoms with Crippen LogP contribution in [0.3, 0.4) is 0 Å². The molecule has 27 heavy (non-hydrogen) atoms. The highest BCUT2D eigenvalue weighted by Gasteiger charge is 2.40. The van der Waals surface area contributed by atoms with Gasteiger partial charge in [0.2, 0.25) is 0 Å². The molecule has 5 heterocycles.